The van der Waals surface area contributed by atoms with E-state index in [4.69, 9.17) is 15.0 Å². The maximum Gasteiger partial charge on any atom is 3.00 e. The van der Waals surface area contributed by atoms with Gasteiger partial charge < -0.3 is 15.0 Å². The molecule has 0 radical (unpaired) electrons. The monoisotopic (exact) mass is 1220 g/mol. The minimum absolute atomic E-state index is 0. The van der Waals surface area contributed by atoms with Crippen LogP contribution >= 0.6 is 0 Å². The maximum atomic E-state index is 4.91. The van der Waals surface area contributed by atoms with Crippen LogP contribution in [0.4, 0.5) is 0 Å². The Labute approximate surface area is 492 Å². The van der Waals surface area contributed by atoms with Gasteiger partial charge in [0.25, 0.3) is 0 Å². The molecule has 0 saturated carbocycles. The number of pyridine rings is 3. The van der Waals surface area contributed by atoms with Crippen LogP contribution in [0.2, 0.25) is 0 Å². The number of hydrogen-bond acceptors (Lipinski definition) is 3. The first-order valence-corrected chi connectivity index (χ1v) is 27.5. The molecule has 0 aliphatic rings. The summed E-state index contributed by atoms with van der Waals surface area (Å²) in [6.07, 6.45) is 5.76. The van der Waals surface area contributed by atoms with Crippen molar-refractivity contribution in [2.45, 2.75) is 20.8 Å². The van der Waals surface area contributed by atoms with Gasteiger partial charge in [0.05, 0.1) is 0 Å². The average Bonchev–Trinajstić information content (AvgIpc) is 3.71. The Kier molecular flexibility index (Phi) is 13.9. The second kappa shape index (κ2) is 22.1. The Balaban J connectivity index is 0.00000631. The number of benzene rings is 11. The van der Waals surface area contributed by atoms with Crippen LogP contribution in [0.5, 0.6) is 0 Å². The van der Waals surface area contributed by atoms with Crippen molar-refractivity contribution in [3.05, 3.63) is 296 Å². The summed E-state index contributed by atoms with van der Waals surface area (Å²) in [4.78, 5) is 14.3. The number of nitrogens with zero attached hydrogens (tertiary/aromatic N) is 3. The zero-order valence-electron chi connectivity index (χ0n) is 45.5. The number of aryl methyl sites for hydroxylation is 3. The van der Waals surface area contributed by atoms with Gasteiger partial charge in [0.15, 0.2) is 0 Å². The van der Waals surface area contributed by atoms with E-state index >= 15 is 0 Å². The van der Waals surface area contributed by atoms with Gasteiger partial charge in [-0.05, 0) is 150 Å². The molecule has 82 heavy (non-hydrogen) atoms. The molecule has 11 aromatic carbocycles. The summed E-state index contributed by atoms with van der Waals surface area (Å²) >= 11 is 0. The van der Waals surface area contributed by atoms with E-state index in [-0.39, 0.29) is 20.1 Å². The molecule has 14 aromatic rings. The molecule has 0 bridgehead atoms. The Hall–Kier alpha value is -9.70. The SMILES string of the molecule is Cc1ccc(-c2[c-]cc(-c3ccccc3-c3cc(-c4ccccc4-c4c[c-]c(-c5ccc(C)cn5)cc4)cc(-c4ccccc4-c4c[c-]c(-c5ccc(C)cn5)cc4-c4ccc5c6ccccc6c6ccccc6c5c4)c3)cc2)nc1.[Ir+3]. The fourth-order valence-electron chi connectivity index (χ4n) is 11.6. The summed E-state index contributed by atoms with van der Waals surface area (Å²) in [5.41, 5.74) is 24.3. The first-order valence-electron chi connectivity index (χ1n) is 27.5. The Morgan fingerprint density at radius 1 is 0.244 bits per heavy atom. The molecule has 0 atom stereocenters. The number of rotatable bonds is 10. The summed E-state index contributed by atoms with van der Waals surface area (Å²) in [6, 6.07) is 98.8. The van der Waals surface area contributed by atoms with E-state index in [0.29, 0.717) is 0 Å². The molecule has 4 heteroatoms. The number of fused-ring (bicyclic) bond motifs is 6. The van der Waals surface area contributed by atoms with E-state index in [9.17, 15) is 0 Å². The maximum absolute atomic E-state index is 4.91. The fraction of sp³-hybridized carbons (Fsp3) is 0.0385. The van der Waals surface area contributed by atoms with Crippen molar-refractivity contribution in [2.24, 2.45) is 0 Å². The van der Waals surface area contributed by atoms with Gasteiger partial charge in [-0.25, -0.2) is 0 Å². The molecule has 3 aromatic heterocycles. The minimum Gasteiger partial charge on any atom is -0.304 e. The molecule has 0 saturated heterocycles. The summed E-state index contributed by atoms with van der Waals surface area (Å²) in [5, 5.41) is 7.44. The third-order valence-corrected chi connectivity index (χ3v) is 15.8. The van der Waals surface area contributed by atoms with Crippen molar-refractivity contribution in [3.8, 4) is 112 Å². The first-order chi connectivity index (χ1) is 39.9. The van der Waals surface area contributed by atoms with Crippen LogP contribution in [0, 0.1) is 39.0 Å². The van der Waals surface area contributed by atoms with Crippen molar-refractivity contribution in [2.75, 3.05) is 0 Å². The zero-order chi connectivity index (χ0) is 54.4. The normalized spacial score (nSPS) is 11.3. The molecule has 3 heterocycles. The van der Waals surface area contributed by atoms with Crippen molar-refractivity contribution >= 4 is 32.3 Å². The van der Waals surface area contributed by atoms with Gasteiger partial charge in [0, 0.05) is 18.6 Å². The molecule has 3 nitrogen and oxygen atoms in total. The van der Waals surface area contributed by atoms with Gasteiger partial charge in [-0.15, -0.1) is 83.4 Å². The first kappa shape index (κ1) is 51.7. The average molecular weight is 1220 g/mol. The number of aromatic nitrogens is 3. The third kappa shape index (κ3) is 9.83. The van der Waals surface area contributed by atoms with Crippen LogP contribution in [-0.2, 0) is 20.1 Å². The van der Waals surface area contributed by atoms with Crippen molar-refractivity contribution < 1.29 is 20.1 Å². The molecule has 388 valence electrons. The van der Waals surface area contributed by atoms with Gasteiger partial charge in [-0.1, -0.05) is 209 Å². The largest absolute Gasteiger partial charge is 3.00 e. The molecule has 0 spiro atoms. The molecule has 0 fully saturated rings. The summed E-state index contributed by atoms with van der Waals surface area (Å²) in [6.45, 7) is 6.20. The Morgan fingerprint density at radius 3 is 1.01 bits per heavy atom. The molecule has 14 rings (SSSR count). The molecule has 0 unspecified atom stereocenters. The van der Waals surface area contributed by atoms with Gasteiger partial charge >= 0.3 is 20.1 Å². The Bertz CT molecular complexity index is 4490. The molecule has 0 aliphatic carbocycles. The smallest absolute Gasteiger partial charge is 0.304 e. The van der Waals surface area contributed by atoms with Crippen molar-refractivity contribution in [1.29, 1.82) is 0 Å². The molecular weight excluding hydrogens is 1170 g/mol. The van der Waals surface area contributed by atoms with E-state index in [1.165, 1.54) is 32.3 Å². The van der Waals surface area contributed by atoms with Crippen LogP contribution in [0.1, 0.15) is 16.7 Å². The standard InChI is InChI=1S/C78H52N3.Ir/c1-50-24-39-76(79-47-50)55-31-27-53(28-32-55)62-14-4-6-16-64(62)59-42-60(65-17-7-5-15-63(65)54-29-33-56(34-30-54)77-40-25-51(2)48-80-77)44-61(43-59)66-18-8-9-19-67(66)72-38-36-58(78-41-26-52(3)49-81-78)46-74(72)57-35-37-73-70-22-11-10-20-68(70)69-21-12-13-23-71(69)75(73)45-57;/h4-31,33,35,37-49H,1-3H3;/q-3;+3. The second-order valence-corrected chi connectivity index (χ2v) is 21.1. The van der Waals surface area contributed by atoms with Crippen LogP contribution in [0.3, 0.4) is 0 Å². The third-order valence-electron chi connectivity index (χ3n) is 15.8. The molecule has 0 N–H and O–H groups in total. The van der Waals surface area contributed by atoms with Gasteiger partial charge in [-0.2, -0.15) is 0 Å². The summed E-state index contributed by atoms with van der Waals surface area (Å²) < 4.78 is 0. The molecule has 0 amide bonds. The Morgan fingerprint density at radius 2 is 0.598 bits per heavy atom. The van der Waals surface area contributed by atoms with E-state index in [1.54, 1.807) is 0 Å². The van der Waals surface area contributed by atoms with E-state index in [0.717, 1.165) is 128 Å². The molecule has 0 aliphatic heterocycles. The predicted molar refractivity (Wildman–Crippen MR) is 337 cm³/mol. The quantitative estimate of drug-likeness (QED) is 0.101. The fourth-order valence-corrected chi connectivity index (χ4v) is 11.6. The second-order valence-electron chi connectivity index (χ2n) is 21.1. The van der Waals surface area contributed by atoms with Crippen LogP contribution < -0.4 is 0 Å². The van der Waals surface area contributed by atoms with E-state index < -0.39 is 0 Å². The molecular formula is C78H52IrN3. The minimum atomic E-state index is 0. The zero-order valence-corrected chi connectivity index (χ0v) is 47.9. The summed E-state index contributed by atoms with van der Waals surface area (Å²) in [5.74, 6) is 0. The van der Waals surface area contributed by atoms with Crippen molar-refractivity contribution in [3.63, 3.8) is 0 Å². The van der Waals surface area contributed by atoms with Crippen LogP contribution in [0.15, 0.2) is 261 Å². The van der Waals surface area contributed by atoms with Gasteiger partial charge in [0.1, 0.15) is 0 Å². The summed E-state index contributed by atoms with van der Waals surface area (Å²) in [7, 11) is 0. The van der Waals surface area contributed by atoms with E-state index in [2.05, 4.69) is 282 Å². The number of hydrogen-bond donors (Lipinski definition) is 0. The van der Waals surface area contributed by atoms with E-state index in [1.807, 2.05) is 18.6 Å². The van der Waals surface area contributed by atoms with Crippen molar-refractivity contribution in [1.82, 2.24) is 15.0 Å². The predicted octanol–water partition coefficient (Wildman–Crippen LogP) is 20.3. The van der Waals surface area contributed by atoms with Gasteiger partial charge in [0.2, 0.25) is 0 Å². The van der Waals surface area contributed by atoms with Crippen LogP contribution in [0.25, 0.3) is 144 Å². The van der Waals surface area contributed by atoms with Gasteiger partial charge in [-0.3, -0.25) is 0 Å². The topological polar surface area (TPSA) is 38.7 Å². The van der Waals surface area contributed by atoms with Crippen LogP contribution in [-0.4, -0.2) is 15.0 Å².